The highest BCUT2D eigenvalue weighted by Crippen LogP contribution is 2.19. The monoisotopic (exact) mass is 303 g/mol. The summed E-state index contributed by atoms with van der Waals surface area (Å²) in [6.07, 6.45) is 4.15. The molecule has 8 nitrogen and oxygen atoms in total. The normalized spacial score (nSPS) is 11.2. The fourth-order valence-corrected chi connectivity index (χ4v) is 2.50. The van der Waals surface area contributed by atoms with Crippen LogP contribution in [-0.2, 0) is 10.1 Å². The molecular weight excluding hydrogens is 294 g/mol. The molecule has 3 aromatic rings. The van der Waals surface area contributed by atoms with Crippen molar-refractivity contribution >= 4 is 10.1 Å². The number of aromatic nitrogens is 5. The molecule has 1 aromatic carbocycles. The number of benzene rings is 1. The molecule has 0 atom stereocenters. The van der Waals surface area contributed by atoms with Gasteiger partial charge in [0.2, 0.25) is 0 Å². The maximum Gasteiger partial charge on any atom is 0.340 e. The molecule has 0 bridgehead atoms. The quantitative estimate of drug-likeness (QED) is 0.658. The summed E-state index contributed by atoms with van der Waals surface area (Å²) >= 11 is 0. The molecule has 0 aliphatic carbocycles. The molecule has 0 fully saturated rings. The zero-order valence-electron chi connectivity index (χ0n) is 10.6. The van der Waals surface area contributed by atoms with E-state index in [1.807, 2.05) is 0 Å². The van der Waals surface area contributed by atoms with Crippen molar-refractivity contribution in [3.63, 3.8) is 0 Å². The fourth-order valence-electron chi connectivity index (χ4n) is 1.60. The Morgan fingerprint density at radius 1 is 1.10 bits per heavy atom. The van der Waals surface area contributed by atoms with Crippen molar-refractivity contribution in [2.24, 2.45) is 0 Å². The van der Waals surface area contributed by atoms with Gasteiger partial charge in [-0.25, -0.2) is 4.68 Å². The van der Waals surface area contributed by atoms with E-state index in [0.29, 0.717) is 5.69 Å². The maximum atomic E-state index is 12.0. The van der Waals surface area contributed by atoms with Crippen LogP contribution < -0.4 is 4.18 Å². The Morgan fingerprint density at radius 2 is 1.90 bits per heavy atom. The minimum absolute atomic E-state index is 0.00504. The van der Waals surface area contributed by atoms with Gasteiger partial charge >= 0.3 is 10.1 Å². The van der Waals surface area contributed by atoms with E-state index in [2.05, 4.69) is 20.5 Å². The van der Waals surface area contributed by atoms with E-state index in [-0.39, 0.29) is 10.6 Å². The lowest BCUT2D eigenvalue weighted by atomic mass is 10.3. The van der Waals surface area contributed by atoms with Gasteiger partial charge in [-0.3, -0.25) is 4.98 Å². The first-order chi connectivity index (χ1) is 10.1. The van der Waals surface area contributed by atoms with Crippen molar-refractivity contribution in [3.05, 3.63) is 55.1 Å². The van der Waals surface area contributed by atoms with Crippen LogP contribution in [0.4, 0.5) is 0 Å². The van der Waals surface area contributed by atoms with Crippen molar-refractivity contribution in [3.8, 4) is 11.4 Å². The summed E-state index contributed by atoms with van der Waals surface area (Å²) < 4.78 is 30.5. The molecule has 0 N–H and O–H groups in total. The van der Waals surface area contributed by atoms with Gasteiger partial charge in [-0.1, -0.05) is 0 Å². The minimum Gasteiger partial charge on any atom is -0.379 e. The molecule has 106 valence electrons. The van der Waals surface area contributed by atoms with E-state index in [1.54, 1.807) is 12.1 Å². The smallest absolute Gasteiger partial charge is 0.340 e. The van der Waals surface area contributed by atoms with Crippen LogP contribution in [0.15, 0.2) is 60.0 Å². The largest absolute Gasteiger partial charge is 0.379 e. The molecule has 3 rings (SSSR count). The lowest BCUT2D eigenvalue weighted by Crippen LogP contribution is -2.10. The van der Waals surface area contributed by atoms with E-state index in [1.165, 1.54) is 47.7 Å². The first-order valence-corrected chi connectivity index (χ1v) is 7.24. The molecule has 0 saturated carbocycles. The first kappa shape index (κ1) is 13.2. The summed E-state index contributed by atoms with van der Waals surface area (Å²) in [5.74, 6) is 0.190. The Labute approximate surface area is 120 Å². The summed E-state index contributed by atoms with van der Waals surface area (Å²) in [4.78, 5) is 3.75. The van der Waals surface area contributed by atoms with E-state index < -0.39 is 10.1 Å². The molecule has 2 aromatic heterocycles. The van der Waals surface area contributed by atoms with Gasteiger partial charge in [0.1, 0.15) is 17.0 Å². The van der Waals surface area contributed by atoms with Gasteiger partial charge < -0.3 is 4.18 Å². The second kappa shape index (κ2) is 5.29. The summed E-state index contributed by atoms with van der Waals surface area (Å²) in [6, 6.07) is 9.26. The van der Waals surface area contributed by atoms with Gasteiger partial charge in [0.15, 0.2) is 0 Å². The predicted octanol–water partition coefficient (Wildman–Crippen LogP) is 0.825. The van der Waals surface area contributed by atoms with E-state index in [0.717, 1.165) is 0 Å². The Bertz CT molecular complexity index is 817. The average molecular weight is 303 g/mol. The number of hydrogen-bond donors (Lipinski definition) is 0. The average Bonchev–Trinajstić information content (AvgIpc) is 3.03. The van der Waals surface area contributed by atoms with Crippen LogP contribution in [0.3, 0.4) is 0 Å². The van der Waals surface area contributed by atoms with Crippen LogP contribution in [0.25, 0.3) is 5.69 Å². The lowest BCUT2D eigenvalue weighted by Gasteiger charge is -2.07. The zero-order chi connectivity index (χ0) is 14.7. The molecule has 0 spiro atoms. The molecule has 0 saturated heterocycles. The first-order valence-electron chi connectivity index (χ1n) is 5.83. The molecular formula is C12H9N5O3S. The van der Waals surface area contributed by atoms with Gasteiger partial charge in [0.05, 0.1) is 5.69 Å². The lowest BCUT2D eigenvalue weighted by molar-refractivity contribution is 0.485. The second-order valence-electron chi connectivity index (χ2n) is 3.97. The predicted molar refractivity (Wildman–Crippen MR) is 71.2 cm³/mol. The van der Waals surface area contributed by atoms with Gasteiger partial charge in [0, 0.05) is 12.4 Å². The maximum absolute atomic E-state index is 12.0. The highest BCUT2D eigenvalue weighted by molar-refractivity contribution is 7.87. The number of tetrazole rings is 1. The van der Waals surface area contributed by atoms with Gasteiger partial charge in [0.25, 0.3) is 0 Å². The van der Waals surface area contributed by atoms with Crippen molar-refractivity contribution < 1.29 is 12.6 Å². The number of pyridine rings is 1. The number of rotatable bonds is 4. The standard InChI is InChI=1S/C12H9N5O3S/c18-21(19,12-2-1-7-13-8-12)20-11-5-3-10(4-6-11)17-9-14-15-16-17/h1-9H. The third-order valence-corrected chi connectivity index (χ3v) is 3.81. The number of nitrogens with zero attached hydrogens (tertiary/aromatic N) is 5. The van der Waals surface area contributed by atoms with E-state index in [4.69, 9.17) is 4.18 Å². The third-order valence-electron chi connectivity index (χ3n) is 2.58. The third kappa shape index (κ3) is 2.87. The Kier molecular flexibility index (Phi) is 3.32. The summed E-state index contributed by atoms with van der Waals surface area (Å²) in [5.41, 5.74) is 0.686. The van der Waals surface area contributed by atoms with Crippen LogP contribution in [0.5, 0.6) is 5.75 Å². The molecule has 0 aliphatic heterocycles. The van der Waals surface area contributed by atoms with Gasteiger partial charge in [-0.05, 0) is 46.8 Å². The molecule has 0 radical (unpaired) electrons. The van der Waals surface area contributed by atoms with Crippen LogP contribution >= 0.6 is 0 Å². The van der Waals surface area contributed by atoms with Crippen LogP contribution in [0, 0.1) is 0 Å². The molecule has 9 heteroatoms. The molecule has 21 heavy (non-hydrogen) atoms. The highest BCUT2D eigenvalue weighted by atomic mass is 32.2. The van der Waals surface area contributed by atoms with Crippen LogP contribution in [0.2, 0.25) is 0 Å². The Balaban J connectivity index is 1.83. The zero-order valence-corrected chi connectivity index (χ0v) is 11.4. The fraction of sp³-hybridized carbons (Fsp3) is 0. The highest BCUT2D eigenvalue weighted by Gasteiger charge is 2.16. The van der Waals surface area contributed by atoms with Crippen molar-refractivity contribution in [2.75, 3.05) is 0 Å². The summed E-state index contributed by atoms with van der Waals surface area (Å²) in [6.45, 7) is 0. The summed E-state index contributed by atoms with van der Waals surface area (Å²) in [5, 5.41) is 10.8. The summed E-state index contributed by atoms with van der Waals surface area (Å²) in [7, 11) is -3.89. The Morgan fingerprint density at radius 3 is 2.52 bits per heavy atom. The SMILES string of the molecule is O=S(=O)(Oc1ccc(-n2cnnn2)cc1)c1cccnc1. The van der Waals surface area contributed by atoms with Gasteiger partial charge in [-0.2, -0.15) is 8.42 Å². The second-order valence-corrected chi connectivity index (χ2v) is 5.52. The topological polar surface area (TPSA) is 99.9 Å². The van der Waals surface area contributed by atoms with Crippen molar-refractivity contribution in [1.29, 1.82) is 0 Å². The molecule has 0 aliphatic rings. The molecule has 0 unspecified atom stereocenters. The number of hydrogen-bond acceptors (Lipinski definition) is 7. The molecule has 2 heterocycles. The van der Waals surface area contributed by atoms with E-state index >= 15 is 0 Å². The van der Waals surface area contributed by atoms with Gasteiger partial charge in [-0.15, -0.1) is 5.10 Å². The van der Waals surface area contributed by atoms with Crippen LogP contribution in [-0.4, -0.2) is 33.6 Å². The minimum atomic E-state index is -3.89. The Hall–Kier alpha value is -2.81. The molecule has 0 amide bonds. The van der Waals surface area contributed by atoms with Crippen molar-refractivity contribution in [1.82, 2.24) is 25.2 Å². The van der Waals surface area contributed by atoms with Crippen molar-refractivity contribution in [2.45, 2.75) is 4.90 Å². The van der Waals surface area contributed by atoms with Crippen LogP contribution in [0.1, 0.15) is 0 Å². The van der Waals surface area contributed by atoms with E-state index in [9.17, 15) is 8.42 Å².